The standard InChI is InChI=1S/C13H17FN4/c1-9(2)15-7-11-8-16-17-18(11)13-6-10(3)4-5-12(13)14/h4-6,8-9,15H,7H2,1-3H3. The van der Waals surface area contributed by atoms with Crippen LogP contribution < -0.4 is 5.32 Å². The van der Waals surface area contributed by atoms with Gasteiger partial charge in [0.1, 0.15) is 11.5 Å². The van der Waals surface area contributed by atoms with Crippen molar-refractivity contribution in [1.29, 1.82) is 0 Å². The third-order valence-corrected chi connectivity index (χ3v) is 2.64. The Morgan fingerprint density at radius 2 is 2.17 bits per heavy atom. The Morgan fingerprint density at radius 3 is 2.89 bits per heavy atom. The molecule has 4 nitrogen and oxygen atoms in total. The molecule has 0 saturated carbocycles. The molecule has 1 aromatic carbocycles. The Labute approximate surface area is 106 Å². The first kappa shape index (κ1) is 12.7. The highest BCUT2D eigenvalue weighted by Crippen LogP contribution is 2.16. The highest BCUT2D eigenvalue weighted by Gasteiger charge is 2.11. The summed E-state index contributed by atoms with van der Waals surface area (Å²) < 4.78 is 15.3. The van der Waals surface area contributed by atoms with Crippen molar-refractivity contribution in [2.45, 2.75) is 33.4 Å². The molecule has 5 heteroatoms. The minimum absolute atomic E-state index is 0.295. The molecule has 0 spiro atoms. The molecule has 1 N–H and O–H groups in total. The zero-order valence-corrected chi connectivity index (χ0v) is 10.8. The van der Waals surface area contributed by atoms with E-state index >= 15 is 0 Å². The molecule has 0 aliphatic heterocycles. The number of rotatable bonds is 4. The van der Waals surface area contributed by atoms with Crippen LogP contribution in [-0.4, -0.2) is 21.0 Å². The summed E-state index contributed by atoms with van der Waals surface area (Å²) in [7, 11) is 0. The maximum absolute atomic E-state index is 13.8. The van der Waals surface area contributed by atoms with Gasteiger partial charge in [-0.25, -0.2) is 9.07 Å². The highest BCUT2D eigenvalue weighted by molar-refractivity contribution is 5.37. The number of benzene rings is 1. The number of hydrogen-bond donors (Lipinski definition) is 1. The first-order chi connectivity index (χ1) is 8.58. The third kappa shape index (κ3) is 2.73. The van der Waals surface area contributed by atoms with Gasteiger partial charge in [-0.1, -0.05) is 25.1 Å². The predicted octanol–water partition coefficient (Wildman–Crippen LogP) is 2.21. The maximum atomic E-state index is 13.8. The average Bonchev–Trinajstić information content (AvgIpc) is 2.77. The quantitative estimate of drug-likeness (QED) is 0.902. The molecule has 0 atom stereocenters. The summed E-state index contributed by atoms with van der Waals surface area (Å²) in [5.74, 6) is -0.295. The molecule has 2 rings (SSSR count). The fourth-order valence-corrected chi connectivity index (χ4v) is 1.67. The Morgan fingerprint density at radius 1 is 1.39 bits per heavy atom. The molecule has 0 aliphatic rings. The van der Waals surface area contributed by atoms with Crippen molar-refractivity contribution in [2.75, 3.05) is 0 Å². The van der Waals surface area contributed by atoms with Gasteiger partial charge in [0, 0.05) is 12.6 Å². The van der Waals surface area contributed by atoms with E-state index in [9.17, 15) is 4.39 Å². The van der Waals surface area contributed by atoms with E-state index in [0.29, 0.717) is 18.3 Å². The van der Waals surface area contributed by atoms with E-state index in [4.69, 9.17) is 0 Å². The van der Waals surface area contributed by atoms with Crippen LogP contribution in [0.15, 0.2) is 24.4 Å². The summed E-state index contributed by atoms with van der Waals surface area (Å²) in [6.45, 7) is 6.65. The van der Waals surface area contributed by atoms with Gasteiger partial charge in [0.05, 0.1) is 11.9 Å². The van der Waals surface area contributed by atoms with Crippen LogP contribution in [0.1, 0.15) is 25.1 Å². The number of nitrogens with one attached hydrogen (secondary N) is 1. The van der Waals surface area contributed by atoms with Gasteiger partial charge in [0.25, 0.3) is 0 Å². The van der Waals surface area contributed by atoms with E-state index in [1.165, 1.54) is 10.7 Å². The van der Waals surface area contributed by atoms with Crippen molar-refractivity contribution in [3.05, 3.63) is 41.5 Å². The second-order valence-electron chi connectivity index (χ2n) is 4.63. The lowest BCUT2D eigenvalue weighted by Crippen LogP contribution is -2.23. The first-order valence-corrected chi connectivity index (χ1v) is 5.97. The van der Waals surface area contributed by atoms with Gasteiger partial charge in [-0.15, -0.1) is 5.10 Å². The van der Waals surface area contributed by atoms with Crippen LogP contribution in [0.4, 0.5) is 4.39 Å². The van der Waals surface area contributed by atoms with Gasteiger partial charge >= 0.3 is 0 Å². The normalized spacial score (nSPS) is 11.2. The Hall–Kier alpha value is -1.75. The Bertz CT molecular complexity index is 534. The Kier molecular flexibility index (Phi) is 3.72. The van der Waals surface area contributed by atoms with E-state index in [1.54, 1.807) is 18.3 Å². The topological polar surface area (TPSA) is 42.7 Å². The van der Waals surface area contributed by atoms with Crippen LogP contribution in [0.25, 0.3) is 5.69 Å². The predicted molar refractivity (Wildman–Crippen MR) is 68.0 cm³/mol. The SMILES string of the molecule is Cc1ccc(F)c(-n2nncc2CNC(C)C)c1. The molecule has 2 aromatic rings. The molecular weight excluding hydrogens is 231 g/mol. The van der Waals surface area contributed by atoms with Crippen molar-refractivity contribution in [3.63, 3.8) is 0 Å². The molecule has 1 aromatic heterocycles. The number of aromatic nitrogens is 3. The largest absolute Gasteiger partial charge is 0.309 e. The van der Waals surface area contributed by atoms with Crippen molar-refractivity contribution < 1.29 is 4.39 Å². The van der Waals surface area contributed by atoms with Crippen molar-refractivity contribution in [1.82, 2.24) is 20.3 Å². The van der Waals surface area contributed by atoms with Crippen LogP contribution in [0, 0.1) is 12.7 Å². The lowest BCUT2D eigenvalue weighted by molar-refractivity contribution is 0.560. The van der Waals surface area contributed by atoms with Crippen LogP contribution in [0.2, 0.25) is 0 Å². The highest BCUT2D eigenvalue weighted by atomic mass is 19.1. The summed E-state index contributed by atoms with van der Waals surface area (Å²) in [5.41, 5.74) is 2.27. The van der Waals surface area contributed by atoms with Gasteiger partial charge in [-0.05, 0) is 24.6 Å². The van der Waals surface area contributed by atoms with E-state index < -0.39 is 0 Å². The number of nitrogens with zero attached hydrogens (tertiary/aromatic N) is 3. The van der Waals surface area contributed by atoms with E-state index in [0.717, 1.165) is 11.3 Å². The number of aryl methyl sites for hydroxylation is 1. The smallest absolute Gasteiger partial charge is 0.148 e. The molecule has 0 fully saturated rings. The molecule has 0 unspecified atom stereocenters. The number of hydrogen-bond acceptors (Lipinski definition) is 3. The molecule has 18 heavy (non-hydrogen) atoms. The van der Waals surface area contributed by atoms with Gasteiger partial charge < -0.3 is 5.32 Å². The first-order valence-electron chi connectivity index (χ1n) is 5.97. The third-order valence-electron chi connectivity index (χ3n) is 2.64. The summed E-state index contributed by atoms with van der Waals surface area (Å²) in [5, 5.41) is 11.1. The van der Waals surface area contributed by atoms with E-state index in [-0.39, 0.29) is 5.82 Å². The van der Waals surface area contributed by atoms with Crippen LogP contribution >= 0.6 is 0 Å². The minimum atomic E-state index is -0.295. The second-order valence-corrected chi connectivity index (χ2v) is 4.63. The zero-order chi connectivity index (χ0) is 13.1. The zero-order valence-electron chi connectivity index (χ0n) is 10.8. The van der Waals surface area contributed by atoms with Crippen LogP contribution in [-0.2, 0) is 6.54 Å². The lowest BCUT2D eigenvalue weighted by atomic mass is 10.2. The van der Waals surface area contributed by atoms with Gasteiger partial charge in [-0.2, -0.15) is 0 Å². The monoisotopic (exact) mass is 248 g/mol. The summed E-state index contributed by atoms with van der Waals surface area (Å²) in [4.78, 5) is 0. The average molecular weight is 248 g/mol. The van der Waals surface area contributed by atoms with Crippen LogP contribution in [0.3, 0.4) is 0 Å². The van der Waals surface area contributed by atoms with Crippen molar-refractivity contribution in [2.24, 2.45) is 0 Å². The molecule has 0 bridgehead atoms. The lowest BCUT2D eigenvalue weighted by Gasteiger charge is -2.10. The van der Waals surface area contributed by atoms with Gasteiger partial charge in [0.2, 0.25) is 0 Å². The molecule has 0 amide bonds. The molecule has 0 saturated heterocycles. The fraction of sp³-hybridized carbons (Fsp3) is 0.385. The molecular formula is C13H17FN4. The maximum Gasteiger partial charge on any atom is 0.148 e. The molecule has 0 radical (unpaired) electrons. The Balaban J connectivity index is 2.33. The van der Waals surface area contributed by atoms with Crippen molar-refractivity contribution in [3.8, 4) is 5.69 Å². The van der Waals surface area contributed by atoms with Crippen molar-refractivity contribution >= 4 is 0 Å². The summed E-state index contributed by atoms with van der Waals surface area (Å²) >= 11 is 0. The fourth-order valence-electron chi connectivity index (χ4n) is 1.67. The van der Waals surface area contributed by atoms with Crippen LogP contribution in [0.5, 0.6) is 0 Å². The molecule has 0 aliphatic carbocycles. The molecule has 96 valence electrons. The van der Waals surface area contributed by atoms with E-state index in [2.05, 4.69) is 29.5 Å². The minimum Gasteiger partial charge on any atom is -0.309 e. The second kappa shape index (κ2) is 5.27. The molecule has 1 heterocycles. The van der Waals surface area contributed by atoms with Gasteiger partial charge in [-0.3, -0.25) is 0 Å². The van der Waals surface area contributed by atoms with Gasteiger partial charge in [0.15, 0.2) is 0 Å². The number of halogens is 1. The van der Waals surface area contributed by atoms with E-state index in [1.807, 2.05) is 6.92 Å². The summed E-state index contributed by atoms with van der Waals surface area (Å²) in [6, 6.07) is 5.31. The summed E-state index contributed by atoms with van der Waals surface area (Å²) in [6.07, 6.45) is 1.65.